The predicted octanol–water partition coefficient (Wildman–Crippen LogP) is 10.1. The van der Waals surface area contributed by atoms with Crippen LogP contribution >= 0.6 is 0 Å². The van der Waals surface area contributed by atoms with Crippen LogP contribution in [0.4, 0.5) is 0 Å². The molecule has 3 rings (SSSR count). The molecule has 0 saturated heterocycles. The van der Waals surface area contributed by atoms with Crippen LogP contribution in [0.5, 0.6) is 0 Å². The molecule has 0 unspecified atom stereocenters. The largest absolute Gasteiger partial charge is 0.289 e. The topological polar surface area (TPSA) is 34.1 Å². The van der Waals surface area contributed by atoms with Crippen molar-refractivity contribution < 1.29 is 9.59 Å². The number of hydrogen-bond donors (Lipinski definition) is 0. The Labute approximate surface area is 231 Å². The third kappa shape index (κ3) is 8.65. The summed E-state index contributed by atoms with van der Waals surface area (Å²) in [5.74, 6) is 0.276. The van der Waals surface area contributed by atoms with Crippen LogP contribution in [0.1, 0.15) is 119 Å². The second-order valence-electron chi connectivity index (χ2n) is 11.9. The summed E-state index contributed by atoms with van der Waals surface area (Å²) in [4.78, 5) is 26.9. The highest BCUT2D eigenvalue weighted by Gasteiger charge is 2.36. The fraction of sp³-hybridized carbons (Fsp3) is 0.500. The lowest BCUT2D eigenvalue weighted by Crippen LogP contribution is -2.27. The molecule has 0 heterocycles. The zero-order valence-electron chi connectivity index (χ0n) is 24.8. The van der Waals surface area contributed by atoms with Gasteiger partial charge in [-0.3, -0.25) is 9.59 Å². The molecule has 3 aliphatic rings. The van der Waals surface area contributed by atoms with E-state index in [0.29, 0.717) is 25.7 Å². The van der Waals surface area contributed by atoms with Crippen LogP contribution < -0.4 is 0 Å². The second-order valence-corrected chi connectivity index (χ2v) is 11.9. The summed E-state index contributed by atoms with van der Waals surface area (Å²) in [6.07, 6.45) is 24.5. The van der Waals surface area contributed by atoms with Gasteiger partial charge in [0, 0.05) is 22.3 Å². The van der Waals surface area contributed by atoms with Crippen LogP contribution in [0.15, 0.2) is 92.2 Å². The highest BCUT2D eigenvalue weighted by molar-refractivity contribution is 6.26. The van der Waals surface area contributed by atoms with E-state index in [0.717, 1.165) is 73.7 Å². The Balaban J connectivity index is 1.53. The Bertz CT molecular complexity index is 1090. The molecule has 204 valence electrons. The van der Waals surface area contributed by atoms with Gasteiger partial charge in [0.25, 0.3) is 0 Å². The molecule has 0 aromatic heterocycles. The lowest BCUT2D eigenvalue weighted by atomic mass is 9.73. The molecular weight excluding hydrogens is 464 g/mol. The maximum Gasteiger partial charge on any atom is 0.186 e. The molecule has 0 bridgehead atoms. The van der Waals surface area contributed by atoms with Gasteiger partial charge in [-0.25, -0.2) is 0 Å². The number of ketones is 2. The highest BCUT2D eigenvalue weighted by atomic mass is 16.1. The first-order valence-corrected chi connectivity index (χ1v) is 14.6. The molecule has 2 nitrogen and oxygen atoms in total. The van der Waals surface area contributed by atoms with Crippen LogP contribution in [0.2, 0.25) is 0 Å². The summed E-state index contributed by atoms with van der Waals surface area (Å²) in [5, 5.41) is 0. The summed E-state index contributed by atoms with van der Waals surface area (Å²) in [5.41, 5.74) is 11.3. The van der Waals surface area contributed by atoms with Gasteiger partial charge >= 0.3 is 0 Å². The summed E-state index contributed by atoms with van der Waals surface area (Å²) in [7, 11) is 0. The van der Waals surface area contributed by atoms with E-state index < -0.39 is 0 Å². The number of hydrogen-bond acceptors (Lipinski definition) is 2. The van der Waals surface area contributed by atoms with Gasteiger partial charge in [-0.15, -0.1) is 0 Å². The second kappa shape index (κ2) is 14.4. The molecule has 0 atom stereocenters. The monoisotopic (exact) mass is 512 g/mol. The molecule has 38 heavy (non-hydrogen) atoms. The minimum absolute atomic E-state index is 0.130. The van der Waals surface area contributed by atoms with Crippen molar-refractivity contribution in [1.82, 2.24) is 0 Å². The molecule has 0 fully saturated rings. The first kappa shape index (κ1) is 29.8. The normalized spacial score (nSPS) is 18.2. The quantitative estimate of drug-likeness (QED) is 0.192. The van der Waals surface area contributed by atoms with Gasteiger partial charge in [0.1, 0.15) is 0 Å². The van der Waals surface area contributed by atoms with E-state index in [1.165, 1.54) is 33.4 Å². The molecule has 0 N–H and O–H groups in total. The minimum atomic E-state index is 0.130. The van der Waals surface area contributed by atoms with E-state index in [1.807, 2.05) is 0 Å². The van der Waals surface area contributed by atoms with Gasteiger partial charge in [-0.05, 0) is 119 Å². The smallest absolute Gasteiger partial charge is 0.186 e. The fourth-order valence-corrected chi connectivity index (χ4v) is 5.58. The Kier molecular flexibility index (Phi) is 11.3. The third-order valence-corrected chi connectivity index (χ3v) is 7.92. The molecule has 0 amide bonds. The predicted molar refractivity (Wildman–Crippen MR) is 162 cm³/mol. The molecule has 0 aliphatic heterocycles. The van der Waals surface area contributed by atoms with Crippen molar-refractivity contribution in [2.24, 2.45) is 0 Å². The van der Waals surface area contributed by atoms with Crippen LogP contribution in [0, 0.1) is 0 Å². The molecule has 0 spiro atoms. The lowest BCUT2D eigenvalue weighted by molar-refractivity contribution is -0.116. The van der Waals surface area contributed by atoms with Gasteiger partial charge in [-0.1, -0.05) is 69.9 Å². The maximum atomic E-state index is 13.6. The average Bonchev–Trinajstić information content (AvgIpc) is 2.86. The SMILES string of the molecule is CC(C)=CCC/C(C)=C/CCC1=CCC2=C(C1)C(=O)C1=C(CC=C(CC/C=C(\C)CCC=C(C)C)C1)C2=O. The van der Waals surface area contributed by atoms with E-state index in [9.17, 15) is 9.59 Å². The first-order chi connectivity index (χ1) is 18.2. The van der Waals surface area contributed by atoms with Gasteiger partial charge in [0.05, 0.1) is 0 Å². The van der Waals surface area contributed by atoms with Crippen molar-refractivity contribution in [3.8, 4) is 0 Å². The van der Waals surface area contributed by atoms with Crippen molar-refractivity contribution in [3.63, 3.8) is 0 Å². The number of carbonyl (C=O) groups is 2. The van der Waals surface area contributed by atoms with E-state index in [-0.39, 0.29) is 11.6 Å². The minimum Gasteiger partial charge on any atom is -0.289 e. The fourth-order valence-electron chi connectivity index (χ4n) is 5.58. The standard InChI is InChI=1S/C36H48O2/c1-25(2)11-7-13-27(5)15-9-17-29-19-21-31-33(23-29)36(38)34-24-30(20-22-32(34)35(31)37)18-10-16-28(6)14-8-12-26(3)4/h11-12,15-16,19-20H,7-10,13-14,17-18,21-24H2,1-6H3/b27-15+,28-16+. The van der Waals surface area contributed by atoms with Crippen LogP contribution in [-0.4, -0.2) is 11.6 Å². The van der Waals surface area contributed by atoms with Crippen LogP contribution in [0.3, 0.4) is 0 Å². The van der Waals surface area contributed by atoms with Crippen molar-refractivity contribution in [2.75, 3.05) is 0 Å². The van der Waals surface area contributed by atoms with Gasteiger partial charge in [0.15, 0.2) is 11.6 Å². The zero-order valence-corrected chi connectivity index (χ0v) is 24.8. The first-order valence-electron chi connectivity index (χ1n) is 14.6. The zero-order chi connectivity index (χ0) is 27.7. The van der Waals surface area contributed by atoms with E-state index >= 15 is 0 Å². The summed E-state index contributed by atoms with van der Waals surface area (Å²) in [6, 6.07) is 0. The molecular formula is C36H48O2. The van der Waals surface area contributed by atoms with Crippen molar-refractivity contribution in [3.05, 3.63) is 92.2 Å². The summed E-state index contributed by atoms with van der Waals surface area (Å²) in [6.45, 7) is 13.0. The summed E-state index contributed by atoms with van der Waals surface area (Å²) < 4.78 is 0. The van der Waals surface area contributed by atoms with E-state index in [1.54, 1.807) is 0 Å². The highest BCUT2D eigenvalue weighted by Crippen LogP contribution is 2.40. The molecule has 2 heteroatoms. The van der Waals surface area contributed by atoms with Gasteiger partial charge < -0.3 is 0 Å². The van der Waals surface area contributed by atoms with Crippen molar-refractivity contribution in [1.29, 1.82) is 0 Å². The number of rotatable bonds is 12. The molecule has 0 aromatic rings. The Morgan fingerprint density at radius 3 is 1.37 bits per heavy atom. The Morgan fingerprint density at radius 2 is 0.974 bits per heavy atom. The molecule has 0 saturated carbocycles. The van der Waals surface area contributed by atoms with Crippen LogP contribution in [0.25, 0.3) is 0 Å². The maximum absolute atomic E-state index is 13.6. The number of Topliss-reactive ketones (excluding diaryl/α,β-unsaturated/α-hetero) is 2. The van der Waals surface area contributed by atoms with Gasteiger partial charge in [0.2, 0.25) is 0 Å². The molecule has 0 radical (unpaired) electrons. The molecule has 0 aromatic carbocycles. The van der Waals surface area contributed by atoms with Crippen molar-refractivity contribution in [2.45, 2.75) is 119 Å². The van der Waals surface area contributed by atoms with Crippen molar-refractivity contribution >= 4 is 11.6 Å². The third-order valence-electron chi connectivity index (χ3n) is 7.92. The average molecular weight is 513 g/mol. The Morgan fingerprint density at radius 1 is 0.579 bits per heavy atom. The van der Waals surface area contributed by atoms with E-state index in [4.69, 9.17) is 0 Å². The van der Waals surface area contributed by atoms with Crippen LogP contribution in [-0.2, 0) is 9.59 Å². The van der Waals surface area contributed by atoms with Gasteiger partial charge in [-0.2, -0.15) is 0 Å². The summed E-state index contributed by atoms with van der Waals surface area (Å²) >= 11 is 0. The number of allylic oxidation sites excluding steroid dienone is 16. The molecule has 3 aliphatic carbocycles. The lowest BCUT2D eigenvalue weighted by Gasteiger charge is -2.29. The van der Waals surface area contributed by atoms with E-state index in [2.05, 4.69) is 78.0 Å². The number of carbonyl (C=O) groups excluding carboxylic acids is 2. The Hall–Kier alpha value is -2.74.